The normalized spacial score (nSPS) is 15.6. The summed E-state index contributed by atoms with van der Waals surface area (Å²) in [5, 5.41) is 18.3. The lowest BCUT2D eigenvalue weighted by molar-refractivity contribution is 0.0697. The molecule has 0 fully saturated rings. The van der Waals surface area contributed by atoms with Gasteiger partial charge in [0.15, 0.2) is 0 Å². The third-order valence-corrected chi connectivity index (χ3v) is 8.17. The van der Waals surface area contributed by atoms with Gasteiger partial charge in [-0.2, -0.15) is 0 Å². The van der Waals surface area contributed by atoms with Gasteiger partial charge in [-0.15, -0.1) is 0 Å². The summed E-state index contributed by atoms with van der Waals surface area (Å²) >= 11 is 0. The van der Waals surface area contributed by atoms with Crippen molar-refractivity contribution in [2.75, 3.05) is 13.2 Å². The van der Waals surface area contributed by atoms with Crippen molar-refractivity contribution in [3.05, 3.63) is 77.4 Å². The second kappa shape index (κ2) is 11.7. The number of ether oxygens (including phenoxy) is 1. The van der Waals surface area contributed by atoms with Crippen LogP contribution >= 0.6 is 0 Å². The fourth-order valence-corrected chi connectivity index (χ4v) is 5.55. The molecule has 3 aromatic carbocycles. The second-order valence-corrected chi connectivity index (χ2v) is 12.0. The molecule has 4 nitrogen and oxygen atoms in total. The van der Waals surface area contributed by atoms with E-state index in [0.717, 1.165) is 66.5 Å². The summed E-state index contributed by atoms with van der Waals surface area (Å²) < 4.78 is 6.35. The van der Waals surface area contributed by atoms with E-state index in [0.29, 0.717) is 6.61 Å². The van der Waals surface area contributed by atoms with Crippen LogP contribution in [0.3, 0.4) is 0 Å². The van der Waals surface area contributed by atoms with Gasteiger partial charge in [0.25, 0.3) is 0 Å². The van der Waals surface area contributed by atoms with E-state index in [9.17, 15) is 9.90 Å². The Morgan fingerprint density at radius 1 is 0.737 bits per heavy atom. The fraction of sp³-hybridized carbons (Fsp3) is 0.441. The first-order chi connectivity index (χ1) is 18.1. The van der Waals surface area contributed by atoms with Crippen molar-refractivity contribution in [1.82, 2.24) is 0 Å². The molecular formula is C34H42O4. The number of carboxylic acid groups (broad SMARTS) is 1. The third kappa shape index (κ3) is 6.30. The summed E-state index contributed by atoms with van der Waals surface area (Å²) in [6, 6.07) is 20.2. The van der Waals surface area contributed by atoms with Gasteiger partial charge in [0.1, 0.15) is 5.75 Å². The number of aromatic carboxylic acids is 1. The van der Waals surface area contributed by atoms with Crippen molar-refractivity contribution < 1.29 is 19.7 Å². The minimum Gasteiger partial charge on any atom is -0.493 e. The maximum Gasteiger partial charge on any atom is 0.335 e. The van der Waals surface area contributed by atoms with Gasteiger partial charge in [-0.1, -0.05) is 83.4 Å². The van der Waals surface area contributed by atoms with Gasteiger partial charge in [-0.25, -0.2) is 4.79 Å². The molecule has 38 heavy (non-hydrogen) atoms. The Morgan fingerprint density at radius 2 is 1.34 bits per heavy atom. The highest BCUT2D eigenvalue weighted by molar-refractivity contribution is 5.88. The lowest BCUT2D eigenvalue weighted by Gasteiger charge is -2.42. The van der Waals surface area contributed by atoms with E-state index in [4.69, 9.17) is 9.84 Å². The minimum atomic E-state index is -0.919. The van der Waals surface area contributed by atoms with Crippen molar-refractivity contribution in [2.45, 2.75) is 83.5 Å². The van der Waals surface area contributed by atoms with Crippen LogP contribution in [0.4, 0.5) is 0 Å². The highest BCUT2D eigenvalue weighted by Crippen LogP contribution is 2.47. The van der Waals surface area contributed by atoms with Crippen molar-refractivity contribution in [2.24, 2.45) is 0 Å². The van der Waals surface area contributed by atoms with Crippen LogP contribution in [0, 0.1) is 0 Å². The lowest BCUT2D eigenvalue weighted by Crippen LogP contribution is -2.33. The van der Waals surface area contributed by atoms with Gasteiger partial charge in [0.05, 0.1) is 12.2 Å². The molecule has 0 amide bonds. The van der Waals surface area contributed by atoms with E-state index in [-0.39, 0.29) is 23.0 Å². The molecule has 4 rings (SSSR count). The van der Waals surface area contributed by atoms with Crippen molar-refractivity contribution in [3.8, 4) is 28.0 Å². The quantitative estimate of drug-likeness (QED) is 0.252. The van der Waals surface area contributed by atoms with Crippen LogP contribution in [-0.2, 0) is 10.8 Å². The summed E-state index contributed by atoms with van der Waals surface area (Å²) in [5.41, 5.74) is 7.63. The Morgan fingerprint density at radius 3 is 2.03 bits per heavy atom. The van der Waals surface area contributed by atoms with E-state index < -0.39 is 5.97 Å². The van der Waals surface area contributed by atoms with Crippen molar-refractivity contribution >= 4 is 5.97 Å². The van der Waals surface area contributed by atoms with Crippen LogP contribution in [0.25, 0.3) is 22.3 Å². The standard InChI is InChI=1S/C34H42O4/c1-33(2)18-19-34(3,4)30-23-27(14-16-29(30)33)28-22-26(24-10-12-25(13-11-24)32(36)37)15-17-31(28)38-21-9-7-5-6-8-20-35/h10-17,22-23,35H,5-9,18-21H2,1-4H3,(H,36,37). The van der Waals surface area contributed by atoms with Crippen LogP contribution in [0.2, 0.25) is 0 Å². The number of rotatable bonds is 11. The van der Waals surface area contributed by atoms with Gasteiger partial charge in [-0.3, -0.25) is 0 Å². The lowest BCUT2D eigenvalue weighted by atomic mass is 9.63. The summed E-state index contributed by atoms with van der Waals surface area (Å²) in [5.74, 6) is -0.0453. The maximum atomic E-state index is 11.3. The predicted molar refractivity (Wildman–Crippen MR) is 155 cm³/mol. The highest BCUT2D eigenvalue weighted by Gasteiger charge is 2.37. The Hall–Kier alpha value is -3.11. The Bertz CT molecular complexity index is 1250. The molecule has 0 aliphatic heterocycles. The molecule has 1 aliphatic carbocycles. The molecule has 0 atom stereocenters. The largest absolute Gasteiger partial charge is 0.493 e. The molecule has 3 aromatic rings. The third-order valence-electron chi connectivity index (χ3n) is 8.17. The van der Waals surface area contributed by atoms with E-state index >= 15 is 0 Å². The summed E-state index contributed by atoms with van der Waals surface area (Å²) in [7, 11) is 0. The number of carboxylic acids is 1. The molecule has 0 saturated heterocycles. The molecule has 2 N–H and O–H groups in total. The zero-order chi connectivity index (χ0) is 27.3. The zero-order valence-electron chi connectivity index (χ0n) is 23.3. The summed E-state index contributed by atoms with van der Waals surface area (Å²) in [4.78, 5) is 11.3. The first-order valence-corrected chi connectivity index (χ1v) is 14.0. The molecular weight excluding hydrogens is 472 g/mol. The number of unbranched alkanes of at least 4 members (excludes halogenated alkanes) is 4. The van der Waals surface area contributed by atoms with Crippen molar-refractivity contribution in [1.29, 1.82) is 0 Å². The van der Waals surface area contributed by atoms with Crippen LogP contribution in [-0.4, -0.2) is 29.4 Å². The predicted octanol–water partition coefficient (Wildman–Crippen LogP) is 8.39. The number of hydrogen-bond acceptors (Lipinski definition) is 3. The topological polar surface area (TPSA) is 66.8 Å². The fourth-order valence-electron chi connectivity index (χ4n) is 5.55. The van der Waals surface area contributed by atoms with Crippen molar-refractivity contribution in [3.63, 3.8) is 0 Å². The smallest absolute Gasteiger partial charge is 0.335 e. The molecule has 0 saturated carbocycles. The molecule has 1 aliphatic rings. The van der Waals surface area contributed by atoms with Crippen LogP contribution in [0.5, 0.6) is 5.75 Å². The number of hydrogen-bond donors (Lipinski definition) is 2. The Balaban J connectivity index is 1.68. The minimum absolute atomic E-state index is 0.112. The summed E-state index contributed by atoms with van der Waals surface area (Å²) in [6.07, 6.45) is 7.44. The molecule has 0 unspecified atom stereocenters. The Kier molecular flexibility index (Phi) is 8.62. The number of aliphatic hydroxyl groups is 1. The number of aliphatic hydroxyl groups excluding tert-OH is 1. The highest BCUT2D eigenvalue weighted by atomic mass is 16.5. The molecule has 0 heterocycles. The van der Waals surface area contributed by atoms with Crippen LogP contribution in [0.1, 0.15) is 94.1 Å². The number of carbonyl (C=O) groups is 1. The molecule has 0 spiro atoms. The molecule has 4 heteroatoms. The zero-order valence-corrected chi connectivity index (χ0v) is 23.3. The summed E-state index contributed by atoms with van der Waals surface area (Å²) in [6.45, 7) is 10.3. The van der Waals surface area contributed by atoms with Crippen LogP contribution < -0.4 is 4.74 Å². The first kappa shape index (κ1) is 27.9. The molecule has 0 radical (unpaired) electrons. The van der Waals surface area contributed by atoms with Gasteiger partial charge < -0.3 is 14.9 Å². The van der Waals surface area contributed by atoms with E-state index in [1.54, 1.807) is 12.1 Å². The molecule has 0 bridgehead atoms. The van der Waals surface area contributed by atoms with E-state index in [2.05, 4.69) is 64.1 Å². The Labute approximate surface area is 227 Å². The molecule has 0 aromatic heterocycles. The number of fused-ring (bicyclic) bond motifs is 1. The van der Waals surface area contributed by atoms with Gasteiger partial charge in [0, 0.05) is 12.2 Å². The average Bonchev–Trinajstić information content (AvgIpc) is 2.91. The molecule has 202 valence electrons. The first-order valence-electron chi connectivity index (χ1n) is 14.0. The van der Waals surface area contributed by atoms with Crippen LogP contribution in [0.15, 0.2) is 60.7 Å². The monoisotopic (exact) mass is 514 g/mol. The van der Waals surface area contributed by atoms with Gasteiger partial charge in [-0.05, 0) is 88.6 Å². The average molecular weight is 515 g/mol. The maximum absolute atomic E-state index is 11.3. The van der Waals surface area contributed by atoms with E-state index in [1.807, 2.05) is 12.1 Å². The van der Waals surface area contributed by atoms with E-state index in [1.165, 1.54) is 17.5 Å². The second-order valence-electron chi connectivity index (χ2n) is 12.0. The van der Waals surface area contributed by atoms with Gasteiger partial charge >= 0.3 is 5.97 Å². The van der Waals surface area contributed by atoms with Gasteiger partial charge in [0.2, 0.25) is 0 Å². The SMILES string of the molecule is CC1(C)CCC(C)(C)c2cc(-c3cc(-c4ccc(C(=O)O)cc4)ccc3OCCCCCCCO)ccc21. The number of benzene rings is 3.